The second-order valence-electron chi connectivity index (χ2n) is 4.90. The number of thiazole rings is 1. The fourth-order valence-electron chi connectivity index (χ4n) is 1.83. The molecule has 20 heavy (non-hydrogen) atoms. The first kappa shape index (κ1) is 13.4. The Hall–Kier alpha value is -1.60. The van der Waals surface area contributed by atoms with Crippen LogP contribution in [0, 0.1) is 0 Å². The lowest BCUT2D eigenvalue weighted by molar-refractivity contribution is 0.0944. The fraction of sp³-hybridized carbons (Fsp3) is 0.385. The maximum Gasteiger partial charge on any atom is 0.265 e. The largest absolute Gasteiger partial charge is 0.382 e. The number of nitrogens with two attached hydrogens (primary N) is 1. The Morgan fingerprint density at radius 2 is 2.35 bits per heavy atom. The number of carbonyl (C=O) groups is 1. The summed E-state index contributed by atoms with van der Waals surface area (Å²) >= 11 is 2.93. The van der Waals surface area contributed by atoms with E-state index in [-0.39, 0.29) is 11.9 Å². The molecule has 1 atom stereocenters. The standard InChI is InChI=1S/C13H16N4OS2/c1-7(8-4-5-19-6-8)15-12(18)10-11(14)17-13(20-10)16-9-2-3-9/h4-7,9H,2-3,14H2,1H3,(H,15,18)(H,16,17). The summed E-state index contributed by atoms with van der Waals surface area (Å²) in [4.78, 5) is 16.9. The fourth-order valence-corrected chi connectivity index (χ4v) is 3.44. The van der Waals surface area contributed by atoms with Crippen LogP contribution in [0.15, 0.2) is 16.8 Å². The molecule has 4 N–H and O–H groups in total. The van der Waals surface area contributed by atoms with E-state index in [1.807, 2.05) is 23.8 Å². The highest BCUT2D eigenvalue weighted by atomic mass is 32.1. The van der Waals surface area contributed by atoms with Gasteiger partial charge in [-0.25, -0.2) is 4.98 Å². The number of anilines is 2. The first-order valence-electron chi connectivity index (χ1n) is 6.49. The first-order chi connectivity index (χ1) is 9.63. The van der Waals surface area contributed by atoms with Gasteiger partial charge in [0, 0.05) is 6.04 Å². The minimum atomic E-state index is -0.164. The van der Waals surface area contributed by atoms with Gasteiger partial charge in [0.2, 0.25) is 0 Å². The lowest BCUT2D eigenvalue weighted by Gasteiger charge is -2.11. The molecule has 2 aromatic rings. The van der Waals surface area contributed by atoms with Crippen molar-refractivity contribution in [3.8, 4) is 0 Å². The van der Waals surface area contributed by atoms with Crippen molar-refractivity contribution in [3.63, 3.8) is 0 Å². The van der Waals surface area contributed by atoms with E-state index in [2.05, 4.69) is 15.6 Å². The van der Waals surface area contributed by atoms with E-state index in [4.69, 9.17) is 5.73 Å². The van der Waals surface area contributed by atoms with Gasteiger partial charge in [0.15, 0.2) is 5.13 Å². The number of aromatic nitrogens is 1. The second-order valence-corrected chi connectivity index (χ2v) is 6.68. The molecule has 1 unspecified atom stereocenters. The number of hydrogen-bond donors (Lipinski definition) is 3. The van der Waals surface area contributed by atoms with Crippen LogP contribution in [0.4, 0.5) is 10.9 Å². The summed E-state index contributed by atoms with van der Waals surface area (Å²) in [5, 5.41) is 11.0. The summed E-state index contributed by atoms with van der Waals surface area (Å²) in [5.74, 6) is 0.135. The third kappa shape index (κ3) is 2.94. The normalized spacial score (nSPS) is 15.8. The molecule has 2 heterocycles. The number of carbonyl (C=O) groups excluding carboxylic acids is 1. The van der Waals surface area contributed by atoms with Gasteiger partial charge in [-0.2, -0.15) is 11.3 Å². The predicted octanol–water partition coefficient (Wildman–Crippen LogP) is 2.85. The maximum absolute atomic E-state index is 12.2. The molecule has 1 saturated carbocycles. The van der Waals surface area contributed by atoms with E-state index < -0.39 is 0 Å². The van der Waals surface area contributed by atoms with Crippen LogP contribution in [0.2, 0.25) is 0 Å². The zero-order valence-corrected chi connectivity index (χ0v) is 12.7. The molecular weight excluding hydrogens is 292 g/mol. The van der Waals surface area contributed by atoms with Crippen molar-refractivity contribution in [1.82, 2.24) is 10.3 Å². The molecule has 1 aliphatic rings. The molecule has 0 bridgehead atoms. The van der Waals surface area contributed by atoms with Crippen LogP contribution < -0.4 is 16.4 Å². The molecule has 2 aromatic heterocycles. The van der Waals surface area contributed by atoms with E-state index in [0.29, 0.717) is 16.7 Å². The molecule has 0 aromatic carbocycles. The number of nitrogens with zero attached hydrogens (tertiary/aromatic N) is 1. The van der Waals surface area contributed by atoms with Gasteiger partial charge in [0.05, 0.1) is 6.04 Å². The number of rotatable bonds is 5. The second kappa shape index (κ2) is 5.41. The van der Waals surface area contributed by atoms with Crippen molar-refractivity contribution in [2.24, 2.45) is 0 Å². The lowest BCUT2D eigenvalue weighted by atomic mass is 10.2. The summed E-state index contributed by atoms with van der Waals surface area (Å²) in [6.45, 7) is 1.96. The zero-order chi connectivity index (χ0) is 14.1. The van der Waals surface area contributed by atoms with E-state index in [9.17, 15) is 4.79 Å². The average Bonchev–Trinajstić information content (AvgIpc) is 2.92. The van der Waals surface area contributed by atoms with E-state index in [1.165, 1.54) is 11.3 Å². The average molecular weight is 308 g/mol. The zero-order valence-electron chi connectivity index (χ0n) is 11.1. The lowest BCUT2D eigenvalue weighted by Crippen LogP contribution is -2.26. The predicted molar refractivity (Wildman–Crippen MR) is 83.4 cm³/mol. The number of hydrogen-bond acceptors (Lipinski definition) is 6. The molecule has 106 valence electrons. The van der Waals surface area contributed by atoms with Gasteiger partial charge in [-0.05, 0) is 42.2 Å². The minimum absolute atomic E-state index is 0.0323. The van der Waals surface area contributed by atoms with Gasteiger partial charge in [0.25, 0.3) is 5.91 Å². The summed E-state index contributed by atoms with van der Waals surface area (Å²) < 4.78 is 0. The molecular formula is C13H16N4OS2. The smallest absolute Gasteiger partial charge is 0.265 e. The molecule has 3 rings (SSSR count). The highest BCUT2D eigenvalue weighted by molar-refractivity contribution is 7.18. The molecule has 1 fully saturated rings. The SMILES string of the molecule is CC(NC(=O)c1sc(NC2CC2)nc1N)c1ccsc1. The van der Waals surface area contributed by atoms with Crippen molar-refractivity contribution in [3.05, 3.63) is 27.3 Å². The topological polar surface area (TPSA) is 80.0 Å². The van der Waals surface area contributed by atoms with Crippen molar-refractivity contribution in [2.75, 3.05) is 11.1 Å². The number of amides is 1. The van der Waals surface area contributed by atoms with E-state index >= 15 is 0 Å². The molecule has 0 radical (unpaired) electrons. The van der Waals surface area contributed by atoms with Crippen LogP contribution in [0.3, 0.4) is 0 Å². The van der Waals surface area contributed by atoms with Crippen LogP contribution in [0.1, 0.15) is 41.0 Å². The Bertz CT molecular complexity index is 604. The van der Waals surface area contributed by atoms with Gasteiger partial charge in [-0.1, -0.05) is 11.3 Å². The summed E-state index contributed by atoms with van der Waals surface area (Å²) in [6.07, 6.45) is 2.33. The minimum Gasteiger partial charge on any atom is -0.382 e. The Kier molecular flexibility index (Phi) is 3.62. The van der Waals surface area contributed by atoms with Gasteiger partial charge < -0.3 is 16.4 Å². The highest BCUT2D eigenvalue weighted by Gasteiger charge is 2.24. The van der Waals surface area contributed by atoms with Crippen molar-refractivity contribution >= 4 is 39.5 Å². The molecule has 7 heteroatoms. The molecule has 1 amide bonds. The summed E-state index contributed by atoms with van der Waals surface area (Å²) in [7, 11) is 0. The van der Waals surface area contributed by atoms with Crippen LogP contribution >= 0.6 is 22.7 Å². The van der Waals surface area contributed by atoms with E-state index in [0.717, 1.165) is 23.5 Å². The Morgan fingerprint density at radius 3 is 3.00 bits per heavy atom. The van der Waals surface area contributed by atoms with Crippen molar-refractivity contribution in [2.45, 2.75) is 31.8 Å². The van der Waals surface area contributed by atoms with Gasteiger partial charge >= 0.3 is 0 Å². The number of nitrogens with one attached hydrogen (secondary N) is 2. The monoisotopic (exact) mass is 308 g/mol. The third-order valence-corrected chi connectivity index (χ3v) is 4.86. The van der Waals surface area contributed by atoms with Crippen molar-refractivity contribution in [1.29, 1.82) is 0 Å². The highest BCUT2D eigenvalue weighted by Crippen LogP contribution is 2.30. The number of thiophene rings is 1. The van der Waals surface area contributed by atoms with Gasteiger partial charge in [-0.15, -0.1) is 0 Å². The first-order valence-corrected chi connectivity index (χ1v) is 8.25. The van der Waals surface area contributed by atoms with Gasteiger partial charge in [-0.3, -0.25) is 4.79 Å². The molecule has 0 saturated heterocycles. The maximum atomic E-state index is 12.2. The summed E-state index contributed by atoms with van der Waals surface area (Å²) in [6, 6.07) is 2.47. The third-order valence-electron chi connectivity index (χ3n) is 3.16. The molecule has 1 aliphatic carbocycles. The van der Waals surface area contributed by atoms with Crippen LogP contribution in [0.25, 0.3) is 0 Å². The van der Waals surface area contributed by atoms with Crippen LogP contribution in [-0.2, 0) is 0 Å². The van der Waals surface area contributed by atoms with E-state index in [1.54, 1.807) is 11.3 Å². The summed E-state index contributed by atoms with van der Waals surface area (Å²) in [5.41, 5.74) is 6.93. The van der Waals surface area contributed by atoms with Crippen LogP contribution in [0.5, 0.6) is 0 Å². The van der Waals surface area contributed by atoms with Gasteiger partial charge in [0.1, 0.15) is 10.7 Å². The Labute approximate surface area is 125 Å². The molecule has 5 nitrogen and oxygen atoms in total. The number of nitrogen functional groups attached to an aromatic ring is 1. The van der Waals surface area contributed by atoms with Crippen molar-refractivity contribution < 1.29 is 4.79 Å². The molecule has 0 spiro atoms. The quantitative estimate of drug-likeness (QED) is 0.793. The molecule has 0 aliphatic heterocycles. The Morgan fingerprint density at radius 1 is 1.55 bits per heavy atom. The van der Waals surface area contributed by atoms with Crippen LogP contribution in [-0.4, -0.2) is 16.9 Å². The Balaban J connectivity index is 1.68.